The molecule has 23 heavy (non-hydrogen) atoms. The van der Waals surface area contributed by atoms with Crippen molar-refractivity contribution in [3.8, 4) is 5.75 Å². The van der Waals surface area contributed by atoms with Crippen LogP contribution in [0.2, 0.25) is 0 Å². The molecule has 0 radical (unpaired) electrons. The third kappa shape index (κ3) is 3.94. The molecular weight excluding hydrogens is 290 g/mol. The van der Waals surface area contributed by atoms with Crippen molar-refractivity contribution in [3.05, 3.63) is 54.6 Å². The second-order valence-corrected chi connectivity index (χ2v) is 5.59. The molecule has 0 aromatic heterocycles. The number of carbonyl (C=O) groups is 1. The molecule has 1 unspecified atom stereocenters. The summed E-state index contributed by atoms with van der Waals surface area (Å²) in [5.74, 6) is 0.769. The summed E-state index contributed by atoms with van der Waals surface area (Å²) in [6.07, 6.45) is 0.949. The van der Waals surface area contributed by atoms with E-state index in [9.17, 15) is 4.79 Å². The summed E-state index contributed by atoms with van der Waals surface area (Å²) in [4.78, 5) is 14.4. The molecule has 2 N–H and O–H groups in total. The predicted octanol–water partition coefficient (Wildman–Crippen LogP) is 3.10. The molecule has 0 spiro atoms. The Balaban J connectivity index is 1.50. The van der Waals surface area contributed by atoms with Gasteiger partial charge in [-0.25, -0.2) is 4.79 Å². The normalized spacial score (nSPS) is 16.9. The summed E-state index contributed by atoms with van der Waals surface area (Å²) in [7, 11) is 1.62. The molecule has 120 valence electrons. The molecule has 0 saturated carbocycles. The van der Waals surface area contributed by atoms with E-state index in [0.29, 0.717) is 0 Å². The van der Waals surface area contributed by atoms with Crippen LogP contribution in [0.1, 0.15) is 6.42 Å². The number of rotatable bonds is 4. The fraction of sp³-hybridized carbons (Fsp3) is 0.278. The van der Waals surface area contributed by atoms with Gasteiger partial charge in [-0.15, -0.1) is 0 Å². The van der Waals surface area contributed by atoms with Crippen LogP contribution in [0.3, 0.4) is 0 Å². The van der Waals surface area contributed by atoms with E-state index in [1.807, 2.05) is 42.5 Å². The monoisotopic (exact) mass is 311 g/mol. The zero-order valence-corrected chi connectivity index (χ0v) is 13.2. The highest BCUT2D eigenvalue weighted by atomic mass is 16.5. The van der Waals surface area contributed by atoms with Gasteiger partial charge in [-0.1, -0.05) is 18.2 Å². The number of hydrogen-bond acceptors (Lipinski definition) is 3. The van der Waals surface area contributed by atoms with Crippen LogP contribution in [0, 0.1) is 0 Å². The topological polar surface area (TPSA) is 53.6 Å². The highest BCUT2D eigenvalue weighted by Crippen LogP contribution is 2.20. The molecule has 0 bridgehead atoms. The Morgan fingerprint density at radius 2 is 1.87 bits per heavy atom. The molecule has 1 aliphatic heterocycles. The van der Waals surface area contributed by atoms with Crippen molar-refractivity contribution in [2.75, 3.05) is 30.4 Å². The van der Waals surface area contributed by atoms with Gasteiger partial charge in [0.25, 0.3) is 0 Å². The minimum atomic E-state index is -0.171. The first kappa shape index (κ1) is 15.2. The van der Waals surface area contributed by atoms with Gasteiger partial charge in [-0.2, -0.15) is 0 Å². The molecule has 3 rings (SSSR count). The second kappa shape index (κ2) is 7.05. The van der Waals surface area contributed by atoms with Crippen LogP contribution >= 0.6 is 0 Å². The number of carbonyl (C=O) groups excluding carboxylic acids is 1. The Kier molecular flexibility index (Phi) is 4.66. The number of hydrogen-bond donors (Lipinski definition) is 2. The summed E-state index contributed by atoms with van der Waals surface area (Å²) in [6, 6.07) is 17.6. The first-order valence-corrected chi connectivity index (χ1v) is 7.76. The molecule has 2 aromatic rings. The van der Waals surface area contributed by atoms with E-state index in [0.717, 1.165) is 30.9 Å². The molecule has 5 nitrogen and oxygen atoms in total. The standard InChI is InChI=1S/C18H21N3O2/c1-23-17-9-7-14(8-10-17)19-18(22)20-15-11-12-21(13-15)16-5-3-2-4-6-16/h2-10,15H,11-13H2,1H3,(H2,19,20,22). The van der Waals surface area contributed by atoms with E-state index in [1.54, 1.807) is 7.11 Å². The van der Waals surface area contributed by atoms with Crippen molar-refractivity contribution in [2.45, 2.75) is 12.5 Å². The van der Waals surface area contributed by atoms with Crippen LogP contribution in [0.15, 0.2) is 54.6 Å². The van der Waals surface area contributed by atoms with E-state index in [-0.39, 0.29) is 12.1 Å². The van der Waals surface area contributed by atoms with Crippen molar-refractivity contribution in [1.82, 2.24) is 5.32 Å². The van der Waals surface area contributed by atoms with Crippen LogP contribution in [-0.4, -0.2) is 32.3 Å². The first-order valence-electron chi connectivity index (χ1n) is 7.76. The average molecular weight is 311 g/mol. The molecule has 1 heterocycles. The van der Waals surface area contributed by atoms with E-state index >= 15 is 0 Å². The van der Waals surface area contributed by atoms with Crippen LogP contribution in [0.4, 0.5) is 16.2 Å². The highest BCUT2D eigenvalue weighted by molar-refractivity contribution is 5.89. The lowest BCUT2D eigenvalue weighted by Gasteiger charge is -2.19. The number of nitrogens with one attached hydrogen (secondary N) is 2. The number of methoxy groups -OCH3 is 1. The van der Waals surface area contributed by atoms with E-state index in [2.05, 4.69) is 27.7 Å². The Morgan fingerprint density at radius 3 is 2.57 bits per heavy atom. The Hall–Kier alpha value is -2.69. The maximum absolute atomic E-state index is 12.1. The zero-order valence-electron chi connectivity index (χ0n) is 13.2. The summed E-state index contributed by atoms with van der Waals surface area (Å²) in [6.45, 7) is 1.79. The summed E-state index contributed by atoms with van der Waals surface area (Å²) in [5, 5.41) is 5.88. The lowest BCUT2D eigenvalue weighted by Crippen LogP contribution is -2.39. The number of amides is 2. The van der Waals surface area contributed by atoms with Gasteiger partial charge in [-0.3, -0.25) is 0 Å². The number of para-hydroxylation sites is 1. The van der Waals surface area contributed by atoms with Gasteiger partial charge >= 0.3 is 6.03 Å². The lowest BCUT2D eigenvalue weighted by molar-refractivity contribution is 0.249. The molecule has 2 amide bonds. The van der Waals surface area contributed by atoms with E-state index < -0.39 is 0 Å². The zero-order chi connectivity index (χ0) is 16.1. The smallest absolute Gasteiger partial charge is 0.319 e. The number of anilines is 2. The third-order valence-corrected chi connectivity index (χ3v) is 3.99. The van der Waals surface area contributed by atoms with Crippen molar-refractivity contribution in [3.63, 3.8) is 0 Å². The molecule has 1 atom stereocenters. The van der Waals surface area contributed by atoms with Crippen molar-refractivity contribution in [1.29, 1.82) is 0 Å². The molecule has 1 saturated heterocycles. The Morgan fingerprint density at radius 1 is 1.13 bits per heavy atom. The number of nitrogens with zero attached hydrogens (tertiary/aromatic N) is 1. The fourth-order valence-corrected chi connectivity index (χ4v) is 2.78. The van der Waals surface area contributed by atoms with Gasteiger partial charge in [-0.05, 0) is 42.8 Å². The Labute approximate surface area is 136 Å². The summed E-state index contributed by atoms with van der Waals surface area (Å²) >= 11 is 0. The Bertz CT molecular complexity index is 643. The van der Waals surface area contributed by atoms with Crippen molar-refractivity contribution < 1.29 is 9.53 Å². The SMILES string of the molecule is COc1ccc(NC(=O)NC2CCN(c3ccccc3)C2)cc1. The minimum Gasteiger partial charge on any atom is -0.497 e. The quantitative estimate of drug-likeness (QED) is 0.912. The van der Waals surface area contributed by atoms with Crippen LogP contribution in [0.5, 0.6) is 5.75 Å². The molecule has 1 aliphatic rings. The summed E-state index contributed by atoms with van der Waals surface area (Å²) in [5.41, 5.74) is 1.95. The lowest BCUT2D eigenvalue weighted by atomic mass is 10.2. The van der Waals surface area contributed by atoms with Crippen LogP contribution in [0.25, 0.3) is 0 Å². The van der Waals surface area contributed by atoms with E-state index in [4.69, 9.17) is 4.74 Å². The van der Waals surface area contributed by atoms with Gasteiger partial charge in [0.1, 0.15) is 5.75 Å². The maximum atomic E-state index is 12.1. The number of urea groups is 1. The number of ether oxygens (including phenoxy) is 1. The largest absolute Gasteiger partial charge is 0.497 e. The molecule has 2 aromatic carbocycles. The second-order valence-electron chi connectivity index (χ2n) is 5.59. The third-order valence-electron chi connectivity index (χ3n) is 3.99. The van der Waals surface area contributed by atoms with Crippen LogP contribution < -0.4 is 20.3 Å². The number of benzene rings is 2. The first-order chi connectivity index (χ1) is 11.2. The summed E-state index contributed by atoms with van der Waals surface area (Å²) < 4.78 is 5.10. The highest BCUT2D eigenvalue weighted by Gasteiger charge is 2.23. The molecule has 1 fully saturated rings. The fourth-order valence-electron chi connectivity index (χ4n) is 2.78. The van der Waals surface area contributed by atoms with Gasteiger partial charge in [0.2, 0.25) is 0 Å². The van der Waals surface area contributed by atoms with Gasteiger partial charge < -0.3 is 20.3 Å². The maximum Gasteiger partial charge on any atom is 0.319 e. The van der Waals surface area contributed by atoms with Gasteiger partial charge in [0, 0.05) is 30.5 Å². The molecule has 5 heteroatoms. The van der Waals surface area contributed by atoms with Gasteiger partial charge in [0.15, 0.2) is 0 Å². The minimum absolute atomic E-state index is 0.161. The van der Waals surface area contributed by atoms with Crippen molar-refractivity contribution in [2.24, 2.45) is 0 Å². The van der Waals surface area contributed by atoms with Gasteiger partial charge in [0.05, 0.1) is 7.11 Å². The van der Waals surface area contributed by atoms with E-state index in [1.165, 1.54) is 5.69 Å². The molecular formula is C18H21N3O2. The predicted molar refractivity (Wildman–Crippen MR) is 92.2 cm³/mol. The molecule has 0 aliphatic carbocycles. The van der Waals surface area contributed by atoms with Crippen LogP contribution in [-0.2, 0) is 0 Å². The van der Waals surface area contributed by atoms with Crippen molar-refractivity contribution >= 4 is 17.4 Å². The average Bonchev–Trinajstić information content (AvgIpc) is 3.04.